The summed E-state index contributed by atoms with van der Waals surface area (Å²) in [5, 5.41) is 14.0. The fourth-order valence-electron chi connectivity index (χ4n) is 8.29. The van der Waals surface area contributed by atoms with Crippen molar-refractivity contribution in [3.63, 3.8) is 0 Å². The van der Waals surface area contributed by atoms with Gasteiger partial charge in [0.2, 0.25) is 0 Å². The number of hydrogen-bond acceptors (Lipinski definition) is 3. The highest BCUT2D eigenvalue weighted by molar-refractivity contribution is 6.97. The molecule has 0 aliphatic carbocycles. The predicted molar refractivity (Wildman–Crippen MR) is 197 cm³/mol. The third-order valence-corrected chi connectivity index (χ3v) is 24.2. The van der Waals surface area contributed by atoms with Gasteiger partial charge in [-0.3, -0.25) is 10.1 Å². The molecular weight excluding hydrogens is 573 g/mol. The molecule has 2 aromatic rings. The van der Waals surface area contributed by atoms with Crippen LogP contribution in [0.5, 0.6) is 0 Å². The van der Waals surface area contributed by atoms with Gasteiger partial charge in [-0.1, -0.05) is 107 Å². The molecule has 44 heavy (non-hydrogen) atoms. The van der Waals surface area contributed by atoms with Crippen LogP contribution in [0.15, 0.2) is 58.9 Å². The van der Waals surface area contributed by atoms with E-state index in [0.29, 0.717) is 33.2 Å². The van der Waals surface area contributed by atoms with Crippen LogP contribution in [0.1, 0.15) is 94.2 Å². The molecule has 2 aromatic carbocycles. The molecule has 0 atom stereocenters. The van der Waals surface area contributed by atoms with Gasteiger partial charge in [0, 0.05) is 43.0 Å². The van der Waals surface area contributed by atoms with Crippen LogP contribution in [-0.4, -0.2) is 35.2 Å². The maximum Gasteiger partial charge on any atom is 0.269 e. The van der Waals surface area contributed by atoms with Gasteiger partial charge in [0.1, 0.15) is 16.1 Å². The van der Waals surface area contributed by atoms with Crippen molar-refractivity contribution >= 4 is 27.5 Å². The Bertz CT molecular complexity index is 1380. The van der Waals surface area contributed by atoms with Crippen LogP contribution >= 0.6 is 0 Å². The minimum atomic E-state index is -2.29. The van der Waals surface area contributed by atoms with Crippen molar-refractivity contribution in [1.82, 2.24) is 0 Å². The van der Waals surface area contributed by atoms with Crippen molar-refractivity contribution in [2.24, 2.45) is 0 Å². The standard InChI is InChI=1S/C38H56N2O2Si2/c1-27(2)43(28(3)4,29(5)6)37(25-19-33-15-21-35(22-16-33)39(13)14)38(44(30(7)8,31(9)10)32(11)12)26-20-34-17-23-36(24-18-34)40(41)42/h15-18,21-24,27-32H,1-14H3/b38-37-. The lowest BCUT2D eigenvalue weighted by molar-refractivity contribution is -0.384. The Labute approximate surface area is 270 Å². The Morgan fingerprint density at radius 2 is 0.886 bits per heavy atom. The van der Waals surface area contributed by atoms with E-state index in [9.17, 15) is 10.1 Å². The summed E-state index contributed by atoms with van der Waals surface area (Å²) in [5.74, 6) is 14.9. The second-order valence-corrected chi connectivity index (χ2v) is 25.9. The fourth-order valence-corrected chi connectivity index (χ4v) is 22.6. The number of nitro benzene ring substituents is 1. The Kier molecular flexibility index (Phi) is 12.9. The maximum absolute atomic E-state index is 11.3. The number of nitrogens with zero attached hydrogens (tertiary/aromatic N) is 2. The van der Waals surface area contributed by atoms with Crippen molar-refractivity contribution in [3.05, 3.63) is 80.2 Å². The molecule has 0 saturated heterocycles. The summed E-state index contributed by atoms with van der Waals surface area (Å²) in [6.07, 6.45) is 0. The van der Waals surface area contributed by atoms with E-state index in [0.717, 1.165) is 16.8 Å². The molecule has 0 N–H and O–H groups in total. The molecule has 0 saturated carbocycles. The molecule has 4 nitrogen and oxygen atoms in total. The van der Waals surface area contributed by atoms with E-state index in [2.05, 4.69) is 150 Å². The lowest BCUT2D eigenvalue weighted by Gasteiger charge is -2.49. The number of rotatable bonds is 10. The molecule has 0 aliphatic rings. The summed E-state index contributed by atoms with van der Waals surface area (Å²) in [7, 11) is -0.451. The Morgan fingerprint density at radius 3 is 1.14 bits per heavy atom. The molecule has 0 aliphatic heterocycles. The van der Waals surface area contributed by atoms with Crippen molar-refractivity contribution in [2.45, 2.75) is 116 Å². The van der Waals surface area contributed by atoms with Crippen LogP contribution in [0.3, 0.4) is 0 Å². The molecule has 0 heterocycles. The molecule has 6 heteroatoms. The Hall–Kier alpha value is -3.07. The van der Waals surface area contributed by atoms with Gasteiger partial charge in [-0.2, -0.15) is 0 Å². The van der Waals surface area contributed by atoms with Crippen LogP contribution in [0.25, 0.3) is 0 Å². The average Bonchev–Trinajstić information content (AvgIpc) is 2.92. The SMILES string of the molecule is CC(C)[Si](/C(C#Cc1ccc(N(C)C)cc1)=C(/C#Cc1ccc([N+](=O)[O-])cc1)[Si](C(C)C)(C(C)C)C(C)C)(C(C)C)C(C)C. The quantitative estimate of drug-likeness (QED) is 0.114. The molecule has 238 valence electrons. The van der Waals surface area contributed by atoms with Crippen molar-refractivity contribution in [1.29, 1.82) is 0 Å². The van der Waals surface area contributed by atoms with Crippen LogP contribution in [-0.2, 0) is 0 Å². The van der Waals surface area contributed by atoms with E-state index in [1.807, 2.05) is 0 Å². The summed E-state index contributed by atoms with van der Waals surface area (Å²) in [4.78, 5) is 13.1. The molecule has 0 unspecified atom stereocenters. The van der Waals surface area contributed by atoms with Gasteiger partial charge >= 0.3 is 0 Å². The second kappa shape index (κ2) is 15.3. The van der Waals surface area contributed by atoms with Gasteiger partial charge in [-0.25, -0.2) is 0 Å². The number of hydrogen-bond donors (Lipinski definition) is 0. The first-order valence-electron chi connectivity index (χ1n) is 16.3. The third kappa shape index (κ3) is 7.41. The summed E-state index contributed by atoms with van der Waals surface area (Å²) >= 11 is 0. The van der Waals surface area contributed by atoms with E-state index in [1.54, 1.807) is 24.3 Å². The topological polar surface area (TPSA) is 46.4 Å². The summed E-state index contributed by atoms with van der Waals surface area (Å²) in [5.41, 5.74) is 5.83. The Balaban J connectivity index is 3.23. The molecule has 0 bridgehead atoms. The monoisotopic (exact) mass is 628 g/mol. The first-order chi connectivity index (χ1) is 20.4. The summed E-state index contributed by atoms with van der Waals surface area (Å²) < 4.78 is 0. The highest BCUT2D eigenvalue weighted by atomic mass is 28.3. The zero-order valence-electron chi connectivity index (χ0n) is 29.8. The predicted octanol–water partition coefficient (Wildman–Crippen LogP) is 10.8. The number of nitro groups is 1. The highest BCUT2D eigenvalue weighted by Crippen LogP contribution is 2.53. The lowest BCUT2D eigenvalue weighted by Crippen LogP contribution is -2.53. The Morgan fingerprint density at radius 1 is 0.591 bits per heavy atom. The van der Waals surface area contributed by atoms with E-state index in [-0.39, 0.29) is 10.6 Å². The van der Waals surface area contributed by atoms with E-state index >= 15 is 0 Å². The van der Waals surface area contributed by atoms with E-state index < -0.39 is 16.1 Å². The molecule has 0 fully saturated rings. The van der Waals surface area contributed by atoms with Crippen LogP contribution in [0, 0.1) is 33.8 Å². The van der Waals surface area contributed by atoms with E-state index in [4.69, 9.17) is 0 Å². The van der Waals surface area contributed by atoms with Crippen LogP contribution in [0.4, 0.5) is 11.4 Å². The van der Waals surface area contributed by atoms with Crippen molar-refractivity contribution in [2.75, 3.05) is 19.0 Å². The van der Waals surface area contributed by atoms with E-state index in [1.165, 1.54) is 10.4 Å². The van der Waals surface area contributed by atoms with Gasteiger partial charge in [0.25, 0.3) is 5.69 Å². The average molecular weight is 629 g/mol. The third-order valence-electron chi connectivity index (χ3n) is 9.97. The molecule has 0 radical (unpaired) electrons. The molecular formula is C38H56N2O2Si2. The van der Waals surface area contributed by atoms with Crippen molar-refractivity contribution < 1.29 is 4.92 Å². The molecule has 0 amide bonds. The minimum Gasteiger partial charge on any atom is -0.378 e. The largest absolute Gasteiger partial charge is 0.378 e. The normalized spacial score (nSPS) is 12.8. The number of non-ortho nitro benzene ring substituents is 1. The molecule has 2 rings (SSSR count). The number of anilines is 1. The number of allylic oxidation sites excluding steroid dienone is 2. The van der Waals surface area contributed by atoms with Gasteiger partial charge in [-0.05, 0) is 80.0 Å². The first kappa shape index (κ1) is 37.1. The summed E-state index contributed by atoms with van der Waals surface area (Å²) in [6.45, 7) is 28.8. The summed E-state index contributed by atoms with van der Waals surface area (Å²) in [6, 6.07) is 15.2. The second-order valence-electron chi connectivity index (χ2n) is 14.3. The zero-order valence-corrected chi connectivity index (χ0v) is 31.8. The van der Waals surface area contributed by atoms with Gasteiger partial charge < -0.3 is 4.90 Å². The first-order valence-corrected chi connectivity index (χ1v) is 20.7. The molecule has 0 spiro atoms. The molecule has 0 aromatic heterocycles. The van der Waals surface area contributed by atoms with Crippen LogP contribution in [0.2, 0.25) is 33.2 Å². The fraction of sp³-hybridized carbons (Fsp3) is 0.526. The van der Waals surface area contributed by atoms with Crippen LogP contribution < -0.4 is 4.90 Å². The minimum absolute atomic E-state index is 0.0827. The van der Waals surface area contributed by atoms with Gasteiger partial charge in [-0.15, -0.1) is 0 Å². The smallest absolute Gasteiger partial charge is 0.269 e. The van der Waals surface area contributed by atoms with Gasteiger partial charge in [0.15, 0.2) is 0 Å². The zero-order chi connectivity index (χ0) is 33.6. The van der Waals surface area contributed by atoms with Gasteiger partial charge in [0.05, 0.1) is 4.92 Å². The highest BCUT2D eigenvalue weighted by Gasteiger charge is 2.53. The lowest BCUT2D eigenvalue weighted by atomic mass is 10.2. The van der Waals surface area contributed by atoms with Crippen molar-refractivity contribution in [3.8, 4) is 23.7 Å². The maximum atomic E-state index is 11.3. The number of benzene rings is 2.